The van der Waals surface area contributed by atoms with Crippen molar-refractivity contribution in [1.82, 2.24) is 0 Å². The van der Waals surface area contributed by atoms with Crippen molar-refractivity contribution in [1.29, 1.82) is 0 Å². The SMILES string of the molecule is CCC(C)(C)C(=O)OC1(C23CCC(CC2)C3)CCCCC1. The number of carbonyl (C=O) groups excluding carboxylic acids is 1. The van der Waals surface area contributed by atoms with E-state index in [1.165, 1.54) is 51.4 Å². The summed E-state index contributed by atoms with van der Waals surface area (Å²) in [6.45, 7) is 6.17. The molecule has 3 fully saturated rings. The molecule has 0 heterocycles. The van der Waals surface area contributed by atoms with Gasteiger partial charge in [0.15, 0.2) is 0 Å². The molecule has 0 aromatic heterocycles. The highest BCUT2D eigenvalue weighted by atomic mass is 16.6. The van der Waals surface area contributed by atoms with E-state index in [4.69, 9.17) is 4.74 Å². The van der Waals surface area contributed by atoms with Crippen LogP contribution in [0, 0.1) is 16.7 Å². The lowest BCUT2D eigenvalue weighted by atomic mass is 9.63. The van der Waals surface area contributed by atoms with E-state index < -0.39 is 0 Å². The zero-order valence-corrected chi connectivity index (χ0v) is 14.2. The maximum atomic E-state index is 12.8. The first-order chi connectivity index (χ1) is 9.93. The van der Waals surface area contributed by atoms with Crippen LogP contribution in [0.3, 0.4) is 0 Å². The Balaban J connectivity index is 1.86. The van der Waals surface area contributed by atoms with E-state index in [2.05, 4.69) is 6.92 Å². The Morgan fingerprint density at radius 3 is 2.19 bits per heavy atom. The lowest BCUT2D eigenvalue weighted by Crippen LogP contribution is -2.52. The van der Waals surface area contributed by atoms with E-state index in [-0.39, 0.29) is 17.0 Å². The molecule has 0 amide bonds. The molecule has 0 spiro atoms. The summed E-state index contributed by atoms with van der Waals surface area (Å²) in [7, 11) is 0. The van der Waals surface area contributed by atoms with Crippen LogP contribution in [0.4, 0.5) is 0 Å². The number of hydrogen-bond donors (Lipinski definition) is 0. The van der Waals surface area contributed by atoms with Crippen molar-refractivity contribution in [3.05, 3.63) is 0 Å². The number of rotatable bonds is 4. The molecule has 3 aliphatic carbocycles. The molecule has 2 heteroatoms. The molecule has 0 aromatic carbocycles. The van der Waals surface area contributed by atoms with Crippen molar-refractivity contribution in [2.45, 2.75) is 97.0 Å². The Labute approximate surface area is 130 Å². The maximum Gasteiger partial charge on any atom is 0.312 e. The van der Waals surface area contributed by atoms with Gasteiger partial charge in [0.2, 0.25) is 0 Å². The average Bonchev–Trinajstić information content (AvgIpc) is 3.10. The van der Waals surface area contributed by atoms with Gasteiger partial charge in [-0.25, -0.2) is 0 Å². The normalized spacial score (nSPS) is 34.9. The summed E-state index contributed by atoms with van der Waals surface area (Å²) in [6.07, 6.45) is 13.6. The van der Waals surface area contributed by atoms with Crippen LogP contribution in [0.15, 0.2) is 0 Å². The molecule has 3 rings (SSSR count). The zero-order chi connectivity index (χ0) is 15.1. The molecule has 0 saturated heterocycles. The monoisotopic (exact) mass is 292 g/mol. The van der Waals surface area contributed by atoms with Gasteiger partial charge < -0.3 is 4.74 Å². The Hall–Kier alpha value is -0.530. The first kappa shape index (κ1) is 15.4. The molecule has 2 nitrogen and oxygen atoms in total. The molecule has 0 aromatic rings. The van der Waals surface area contributed by atoms with E-state index in [1.807, 2.05) is 13.8 Å². The van der Waals surface area contributed by atoms with Crippen LogP contribution < -0.4 is 0 Å². The maximum absolute atomic E-state index is 12.8. The summed E-state index contributed by atoms with van der Waals surface area (Å²) >= 11 is 0. The minimum atomic E-state index is -0.336. The minimum absolute atomic E-state index is 0.0524. The first-order valence-corrected chi connectivity index (χ1v) is 9.17. The molecule has 120 valence electrons. The van der Waals surface area contributed by atoms with Gasteiger partial charge in [-0.05, 0) is 84.0 Å². The van der Waals surface area contributed by atoms with Crippen LogP contribution in [-0.2, 0) is 9.53 Å². The van der Waals surface area contributed by atoms with Crippen LogP contribution in [0.5, 0.6) is 0 Å². The molecular formula is C19H32O2. The largest absolute Gasteiger partial charge is 0.458 e. The van der Waals surface area contributed by atoms with Gasteiger partial charge in [0.1, 0.15) is 5.60 Å². The Morgan fingerprint density at radius 1 is 1.10 bits per heavy atom. The summed E-state index contributed by atoms with van der Waals surface area (Å²) < 4.78 is 6.40. The molecule has 0 aliphatic heterocycles. The number of esters is 1. The van der Waals surface area contributed by atoms with Crippen molar-refractivity contribution in [3.63, 3.8) is 0 Å². The second kappa shape index (κ2) is 5.28. The molecule has 21 heavy (non-hydrogen) atoms. The van der Waals surface area contributed by atoms with E-state index >= 15 is 0 Å². The molecule has 3 aliphatic rings. The summed E-state index contributed by atoms with van der Waals surface area (Å²) in [4.78, 5) is 12.8. The summed E-state index contributed by atoms with van der Waals surface area (Å²) in [6, 6.07) is 0. The first-order valence-electron chi connectivity index (χ1n) is 9.17. The molecule has 0 N–H and O–H groups in total. The lowest BCUT2D eigenvalue weighted by molar-refractivity contribution is -0.195. The van der Waals surface area contributed by atoms with Crippen molar-refractivity contribution >= 4 is 5.97 Å². The van der Waals surface area contributed by atoms with Gasteiger partial charge in [0.25, 0.3) is 0 Å². The van der Waals surface area contributed by atoms with Crippen LogP contribution in [0.25, 0.3) is 0 Å². The second-order valence-corrected chi connectivity index (χ2v) is 8.61. The van der Waals surface area contributed by atoms with Gasteiger partial charge >= 0.3 is 5.97 Å². The fourth-order valence-electron chi connectivity index (χ4n) is 5.16. The Bertz CT molecular complexity index is 396. The van der Waals surface area contributed by atoms with Gasteiger partial charge in [-0.15, -0.1) is 0 Å². The molecule has 0 radical (unpaired) electrons. The highest BCUT2D eigenvalue weighted by Gasteiger charge is 2.60. The van der Waals surface area contributed by atoms with Gasteiger partial charge in [-0.3, -0.25) is 4.79 Å². The molecule has 3 saturated carbocycles. The number of ether oxygens (including phenoxy) is 1. The molecule has 0 atom stereocenters. The third-order valence-corrected chi connectivity index (χ3v) is 7.09. The Morgan fingerprint density at radius 2 is 1.71 bits per heavy atom. The summed E-state index contributed by atoms with van der Waals surface area (Å²) in [5, 5.41) is 0. The standard InChI is InChI=1S/C19H32O2/c1-4-17(2,3)16(20)21-19(10-6-5-7-11-19)18-12-8-15(14-18)9-13-18/h15H,4-14H2,1-3H3. The summed E-state index contributed by atoms with van der Waals surface area (Å²) in [5.41, 5.74) is -0.130. The van der Waals surface area contributed by atoms with Crippen molar-refractivity contribution in [3.8, 4) is 0 Å². The highest BCUT2D eigenvalue weighted by Crippen LogP contribution is 2.64. The van der Waals surface area contributed by atoms with Crippen LogP contribution in [-0.4, -0.2) is 11.6 Å². The van der Waals surface area contributed by atoms with Crippen molar-refractivity contribution < 1.29 is 9.53 Å². The number of fused-ring (bicyclic) bond motifs is 2. The van der Waals surface area contributed by atoms with Gasteiger partial charge in [-0.2, -0.15) is 0 Å². The van der Waals surface area contributed by atoms with Crippen molar-refractivity contribution in [2.24, 2.45) is 16.7 Å². The van der Waals surface area contributed by atoms with E-state index in [0.717, 1.165) is 25.2 Å². The minimum Gasteiger partial charge on any atom is -0.458 e. The lowest BCUT2D eigenvalue weighted by Gasteiger charge is -2.50. The van der Waals surface area contributed by atoms with Gasteiger partial charge in [0, 0.05) is 5.41 Å². The van der Waals surface area contributed by atoms with Crippen LogP contribution in [0.2, 0.25) is 0 Å². The van der Waals surface area contributed by atoms with Crippen LogP contribution >= 0.6 is 0 Å². The van der Waals surface area contributed by atoms with E-state index in [1.54, 1.807) is 0 Å². The fraction of sp³-hybridized carbons (Fsp3) is 0.947. The average molecular weight is 292 g/mol. The predicted molar refractivity (Wildman–Crippen MR) is 85.0 cm³/mol. The van der Waals surface area contributed by atoms with E-state index in [0.29, 0.717) is 5.41 Å². The fourth-order valence-corrected chi connectivity index (χ4v) is 5.16. The summed E-state index contributed by atoms with van der Waals surface area (Å²) in [5.74, 6) is 0.971. The van der Waals surface area contributed by atoms with Crippen LogP contribution in [0.1, 0.15) is 91.4 Å². The smallest absolute Gasteiger partial charge is 0.312 e. The third-order valence-electron chi connectivity index (χ3n) is 7.09. The Kier molecular flexibility index (Phi) is 3.86. The van der Waals surface area contributed by atoms with Gasteiger partial charge in [0.05, 0.1) is 5.41 Å². The van der Waals surface area contributed by atoms with E-state index in [9.17, 15) is 4.79 Å². The highest BCUT2D eigenvalue weighted by molar-refractivity contribution is 5.76. The predicted octanol–water partition coefficient (Wildman–Crippen LogP) is 5.25. The topological polar surface area (TPSA) is 26.3 Å². The number of carbonyl (C=O) groups is 1. The second-order valence-electron chi connectivity index (χ2n) is 8.61. The third kappa shape index (κ3) is 2.43. The van der Waals surface area contributed by atoms with Crippen molar-refractivity contribution in [2.75, 3.05) is 0 Å². The van der Waals surface area contributed by atoms with Gasteiger partial charge in [-0.1, -0.05) is 13.3 Å². The molecular weight excluding hydrogens is 260 g/mol. The molecule has 2 bridgehead atoms. The zero-order valence-electron chi connectivity index (χ0n) is 14.2. The quantitative estimate of drug-likeness (QED) is 0.662. The number of hydrogen-bond acceptors (Lipinski definition) is 2. The molecule has 0 unspecified atom stereocenters.